The predicted molar refractivity (Wildman–Crippen MR) is 70.6 cm³/mol. The summed E-state index contributed by atoms with van der Waals surface area (Å²) in [5, 5.41) is 3.06. The van der Waals surface area contributed by atoms with Gasteiger partial charge in [0.2, 0.25) is 0 Å². The SMILES string of the molecule is CNc1ccc(C#Cc2ccc(N)nc2)cc1. The fourth-order valence-electron chi connectivity index (χ4n) is 1.34. The topological polar surface area (TPSA) is 50.9 Å². The van der Waals surface area contributed by atoms with Gasteiger partial charge in [-0.1, -0.05) is 11.8 Å². The first-order valence-corrected chi connectivity index (χ1v) is 5.29. The van der Waals surface area contributed by atoms with Gasteiger partial charge in [0.15, 0.2) is 0 Å². The second-order valence-electron chi connectivity index (χ2n) is 3.55. The Morgan fingerprint density at radius 3 is 2.24 bits per heavy atom. The summed E-state index contributed by atoms with van der Waals surface area (Å²) in [7, 11) is 1.89. The van der Waals surface area contributed by atoms with Gasteiger partial charge in [0.05, 0.1) is 0 Å². The van der Waals surface area contributed by atoms with Crippen molar-refractivity contribution in [1.29, 1.82) is 0 Å². The molecule has 0 amide bonds. The van der Waals surface area contributed by atoms with Crippen molar-refractivity contribution < 1.29 is 0 Å². The zero-order valence-corrected chi connectivity index (χ0v) is 9.57. The quantitative estimate of drug-likeness (QED) is 0.728. The average Bonchev–Trinajstić information content (AvgIpc) is 2.39. The molecular weight excluding hydrogens is 210 g/mol. The van der Waals surface area contributed by atoms with Crippen molar-refractivity contribution in [3.63, 3.8) is 0 Å². The van der Waals surface area contributed by atoms with Crippen molar-refractivity contribution >= 4 is 11.5 Å². The molecule has 3 nitrogen and oxygen atoms in total. The number of pyridine rings is 1. The molecule has 0 radical (unpaired) electrons. The molecule has 3 N–H and O–H groups in total. The van der Waals surface area contributed by atoms with Crippen molar-refractivity contribution in [3.05, 3.63) is 53.7 Å². The number of hydrogen-bond acceptors (Lipinski definition) is 3. The molecule has 0 bridgehead atoms. The zero-order chi connectivity index (χ0) is 12.1. The summed E-state index contributed by atoms with van der Waals surface area (Å²) >= 11 is 0. The van der Waals surface area contributed by atoms with Gasteiger partial charge in [-0.15, -0.1) is 0 Å². The number of rotatable bonds is 1. The molecule has 0 aliphatic heterocycles. The van der Waals surface area contributed by atoms with Crippen LogP contribution in [0, 0.1) is 11.8 Å². The fourth-order valence-corrected chi connectivity index (χ4v) is 1.34. The molecular formula is C14H13N3. The van der Waals surface area contributed by atoms with E-state index in [0.717, 1.165) is 16.8 Å². The molecule has 0 spiro atoms. The molecule has 1 aromatic heterocycles. The fraction of sp³-hybridized carbons (Fsp3) is 0.0714. The summed E-state index contributed by atoms with van der Waals surface area (Å²) in [6.07, 6.45) is 1.67. The van der Waals surface area contributed by atoms with Gasteiger partial charge in [0, 0.05) is 30.1 Å². The molecule has 0 unspecified atom stereocenters. The summed E-state index contributed by atoms with van der Waals surface area (Å²) in [6, 6.07) is 11.5. The predicted octanol–water partition coefficient (Wildman–Crippen LogP) is 2.11. The van der Waals surface area contributed by atoms with Crippen molar-refractivity contribution in [1.82, 2.24) is 4.98 Å². The van der Waals surface area contributed by atoms with Crippen molar-refractivity contribution in [3.8, 4) is 11.8 Å². The highest BCUT2D eigenvalue weighted by molar-refractivity contribution is 5.49. The summed E-state index contributed by atoms with van der Waals surface area (Å²) in [6.45, 7) is 0. The minimum absolute atomic E-state index is 0.508. The lowest BCUT2D eigenvalue weighted by atomic mass is 10.2. The van der Waals surface area contributed by atoms with Crippen LogP contribution in [0.25, 0.3) is 0 Å². The van der Waals surface area contributed by atoms with E-state index in [1.54, 1.807) is 12.3 Å². The molecule has 1 aromatic carbocycles. The number of anilines is 2. The van der Waals surface area contributed by atoms with Crippen LogP contribution in [0.4, 0.5) is 11.5 Å². The van der Waals surface area contributed by atoms with Gasteiger partial charge in [0.1, 0.15) is 5.82 Å². The Kier molecular flexibility index (Phi) is 3.27. The highest BCUT2D eigenvalue weighted by Gasteiger charge is 1.90. The molecule has 0 atom stereocenters. The second kappa shape index (κ2) is 5.04. The summed E-state index contributed by atoms with van der Waals surface area (Å²) in [5.74, 6) is 6.62. The van der Waals surface area contributed by atoms with E-state index >= 15 is 0 Å². The lowest BCUT2D eigenvalue weighted by Gasteiger charge is -1.97. The van der Waals surface area contributed by atoms with Crippen LogP contribution in [0.5, 0.6) is 0 Å². The van der Waals surface area contributed by atoms with Crippen LogP contribution in [0.2, 0.25) is 0 Å². The smallest absolute Gasteiger partial charge is 0.123 e. The van der Waals surface area contributed by atoms with Crippen LogP contribution >= 0.6 is 0 Å². The highest BCUT2D eigenvalue weighted by atomic mass is 14.8. The molecule has 1 heterocycles. The Bertz CT molecular complexity index is 545. The second-order valence-corrected chi connectivity index (χ2v) is 3.55. The van der Waals surface area contributed by atoms with E-state index in [4.69, 9.17) is 5.73 Å². The van der Waals surface area contributed by atoms with Gasteiger partial charge in [-0.05, 0) is 36.4 Å². The van der Waals surface area contributed by atoms with Crippen molar-refractivity contribution in [2.75, 3.05) is 18.1 Å². The molecule has 17 heavy (non-hydrogen) atoms. The van der Waals surface area contributed by atoms with Crippen LogP contribution in [0.3, 0.4) is 0 Å². The lowest BCUT2D eigenvalue weighted by Crippen LogP contribution is -1.88. The van der Waals surface area contributed by atoms with Gasteiger partial charge >= 0.3 is 0 Å². The number of nitrogens with two attached hydrogens (primary N) is 1. The Hall–Kier alpha value is -2.47. The van der Waals surface area contributed by atoms with Crippen LogP contribution in [0.1, 0.15) is 11.1 Å². The number of benzene rings is 1. The van der Waals surface area contributed by atoms with Crippen LogP contribution in [-0.2, 0) is 0 Å². The first kappa shape index (κ1) is 11.0. The molecule has 3 heteroatoms. The molecule has 0 saturated heterocycles. The average molecular weight is 223 g/mol. The normalized spacial score (nSPS) is 9.24. The summed E-state index contributed by atoms with van der Waals surface area (Å²) in [4.78, 5) is 3.98. The Balaban J connectivity index is 2.17. The lowest BCUT2D eigenvalue weighted by molar-refractivity contribution is 1.32. The first-order chi connectivity index (χ1) is 8.28. The van der Waals surface area contributed by atoms with Crippen molar-refractivity contribution in [2.45, 2.75) is 0 Å². The van der Waals surface area contributed by atoms with E-state index < -0.39 is 0 Å². The summed E-state index contributed by atoms with van der Waals surface area (Å²) in [5.41, 5.74) is 8.40. The van der Waals surface area contributed by atoms with Crippen LogP contribution < -0.4 is 11.1 Å². The Labute approximate surface area is 101 Å². The van der Waals surface area contributed by atoms with E-state index in [1.165, 1.54) is 0 Å². The first-order valence-electron chi connectivity index (χ1n) is 5.29. The van der Waals surface area contributed by atoms with Crippen LogP contribution in [-0.4, -0.2) is 12.0 Å². The summed E-state index contributed by atoms with van der Waals surface area (Å²) < 4.78 is 0. The number of hydrogen-bond donors (Lipinski definition) is 2. The molecule has 0 saturated carbocycles. The minimum atomic E-state index is 0.508. The Morgan fingerprint density at radius 1 is 1.00 bits per heavy atom. The van der Waals surface area contributed by atoms with Gasteiger partial charge < -0.3 is 11.1 Å². The Morgan fingerprint density at radius 2 is 1.65 bits per heavy atom. The number of nitrogens with one attached hydrogen (secondary N) is 1. The van der Waals surface area contributed by atoms with E-state index in [1.807, 2.05) is 37.4 Å². The molecule has 0 fully saturated rings. The molecule has 0 aliphatic carbocycles. The standard InChI is InChI=1S/C14H13N3/c1-16-13-7-4-11(5-8-13)2-3-12-6-9-14(15)17-10-12/h4-10,16H,1H3,(H2,15,17). The third-order valence-corrected chi connectivity index (χ3v) is 2.31. The van der Waals surface area contributed by atoms with Gasteiger partial charge in [-0.3, -0.25) is 0 Å². The molecule has 2 rings (SSSR count). The van der Waals surface area contributed by atoms with Gasteiger partial charge in [0.25, 0.3) is 0 Å². The van der Waals surface area contributed by atoms with Crippen molar-refractivity contribution in [2.24, 2.45) is 0 Å². The third kappa shape index (κ3) is 2.99. The maximum Gasteiger partial charge on any atom is 0.123 e. The maximum absolute atomic E-state index is 5.50. The van der Waals surface area contributed by atoms with Crippen LogP contribution in [0.15, 0.2) is 42.6 Å². The van der Waals surface area contributed by atoms with E-state index in [-0.39, 0.29) is 0 Å². The number of nitrogens with zero attached hydrogens (tertiary/aromatic N) is 1. The number of aromatic nitrogens is 1. The number of nitrogen functional groups attached to an aromatic ring is 1. The van der Waals surface area contributed by atoms with Gasteiger partial charge in [-0.25, -0.2) is 4.98 Å². The highest BCUT2D eigenvalue weighted by Crippen LogP contribution is 2.07. The van der Waals surface area contributed by atoms with E-state index in [0.29, 0.717) is 5.82 Å². The molecule has 2 aromatic rings. The maximum atomic E-state index is 5.50. The van der Waals surface area contributed by atoms with Gasteiger partial charge in [-0.2, -0.15) is 0 Å². The molecule has 84 valence electrons. The van der Waals surface area contributed by atoms with E-state index in [9.17, 15) is 0 Å². The monoisotopic (exact) mass is 223 g/mol. The molecule has 0 aliphatic rings. The zero-order valence-electron chi connectivity index (χ0n) is 9.57. The minimum Gasteiger partial charge on any atom is -0.388 e. The van der Waals surface area contributed by atoms with E-state index in [2.05, 4.69) is 22.1 Å². The largest absolute Gasteiger partial charge is 0.388 e. The third-order valence-electron chi connectivity index (χ3n) is 2.31.